The summed E-state index contributed by atoms with van der Waals surface area (Å²) in [5, 5.41) is 3.23. The molecule has 2 aliphatic rings. The number of likely N-dealkylation sites (tertiary alicyclic amines) is 1. The first-order valence-corrected chi connectivity index (χ1v) is 9.13. The number of furan rings is 1. The van der Waals surface area contributed by atoms with E-state index >= 15 is 0 Å². The lowest BCUT2D eigenvalue weighted by Gasteiger charge is -2.22. The number of carbonyl (C=O) groups excluding carboxylic acids is 1. The average molecular weight is 347 g/mol. The molecule has 0 N–H and O–H groups in total. The minimum absolute atomic E-state index is 0.0297. The molecular formula is C17H21N3O3S. The largest absolute Gasteiger partial charge is 0.472 e. The molecule has 6 nitrogen and oxygen atoms in total. The Hall–Kier alpha value is -1.70. The Kier molecular flexibility index (Phi) is 4.39. The van der Waals surface area contributed by atoms with Crippen LogP contribution >= 0.6 is 11.3 Å². The van der Waals surface area contributed by atoms with Crippen LogP contribution in [0, 0.1) is 12.8 Å². The molecule has 0 unspecified atom stereocenters. The molecule has 2 aliphatic heterocycles. The van der Waals surface area contributed by atoms with Crippen molar-refractivity contribution in [2.45, 2.75) is 19.6 Å². The van der Waals surface area contributed by atoms with Crippen molar-refractivity contribution < 1.29 is 13.9 Å². The van der Waals surface area contributed by atoms with Gasteiger partial charge < -0.3 is 14.1 Å². The van der Waals surface area contributed by atoms with Gasteiger partial charge in [-0.05, 0) is 13.0 Å². The molecule has 7 heteroatoms. The molecule has 2 saturated heterocycles. The highest BCUT2D eigenvalue weighted by Gasteiger charge is 2.38. The van der Waals surface area contributed by atoms with Gasteiger partial charge in [0.2, 0.25) is 0 Å². The quantitative estimate of drug-likeness (QED) is 0.850. The zero-order valence-electron chi connectivity index (χ0n) is 13.7. The molecule has 2 aromatic heterocycles. The lowest BCUT2D eigenvalue weighted by atomic mass is 10.1. The third-order valence-corrected chi connectivity index (χ3v) is 5.54. The lowest BCUT2D eigenvalue weighted by molar-refractivity contribution is 0.0483. The Morgan fingerprint density at radius 2 is 2.33 bits per heavy atom. The first kappa shape index (κ1) is 15.8. The topological polar surface area (TPSA) is 58.8 Å². The van der Waals surface area contributed by atoms with Gasteiger partial charge in [-0.1, -0.05) is 0 Å². The van der Waals surface area contributed by atoms with Gasteiger partial charge in [0.05, 0.1) is 35.2 Å². The van der Waals surface area contributed by atoms with Crippen molar-refractivity contribution in [1.82, 2.24) is 14.8 Å². The summed E-state index contributed by atoms with van der Waals surface area (Å²) in [5.41, 5.74) is 1.74. The molecule has 2 atom stereocenters. The SMILES string of the molecule is Cc1nc(CN2CCO[C@@H]3CN(C(=O)c4ccoc4)C[C@@H]3C2)cs1. The minimum Gasteiger partial charge on any atom is -0.472 e. The first-order valence-electron chi connectivity index (χ1n) is 8.25. The summed E-state index contributed by atoms with van der Waals surface area (Å²) in [6.45, 7) is 6.85. The predicted molar refractivity (Wildman–Crippen MR) is 90.0 cm³/mol. The van der Waals surface area contributed by atoms with E-state index < -0.39 is 0 Å². The third-order valence-electron chi connectivity index (χ3n) is 4.72. The van der Waals surface area contributed by atoms with Crippen LogP contribution in [0.3, 0.4) is 0 Å². The van der Waals surface area contributed by atoms with Crippen LogP contribution in [0.5, 0.6) is 0 Å². The lowest BCUT2D eigenvalue weighted by Crippen LogP contribution is -2.33. The van der Waals surface area contributed by atoms with Gasteiger partial charge in [0.25, 0.3) is 5.91 Å². The van der Waals surface area contributed by atoms with Gasteiger partial charge in [-0.15, -0.1) is 11.3 Å². The molecule has 0 aromatic carbocycles. The van der Waals surface area contributed by atoms with E-state index in [1.54, 1.807) is 17.4 Å². The van der Waals surface area contributed by atoms with Gasteiger partial charge in [0, 0.05) is 44.0 Å². The fourth-order valence-electron chi connectivity index (χ4n) is 3.55. The van der Waals surface area contributed by atoms with E-state index in [4.69, 9.17) is 9.15 Å². The predicted octanol–water partition coefficient (Wildman–Crippen LogP) is 2.02. The average Bonchev–Trinajstić information content (AvgIpc) is 3.28. The van der Waals surface area contributed by atoms with E-state index in [0.717, 1.165) is 36.9 Å². The maximum Gasteiger partial charge on any atom is 0.257 e. The number of aryl methyl sites for hydroxylation is 1. The standard InChI is InChI=1S/C17H21N3O3S/c1-12-18-15(11-24-12)8-19-3-5-23-16-9-20(7-14(16)6-19)17(21)13-2-4-22-10-13/h2,4,10-11,14,16H,3,5-9H2,1H3/t14-,16+/m0/s1. The maximum atomic E-state index is 12.5. The summed E-state index contributed by atoms with van der Waals surface area (Å²) in [5.74, 6) is 0.380. The van der Waals surface area contributed by atoms with Crippen LogP contribution in [0.1, 0.15) is 21.1 Å². The number of hydrogen-bond acceptors (Lipinski definition) is 6. The van der Waals surface area contributed by atoms with Crippen LogP contribution in [0.2, 0.25) is 0 Å². The number of carbonyl (C=O) groups is 1. The second-order valence-electron chi connectivity index (χ2n) is 6.48. The van der Waals surface area contributed by atoms with Crippen molar-refractivity contribution in [3.8, 4) is 0 Å². The molecule has 4 heterocycles. The highest BCUT2D eigenvalue weighted by molar-refractivity contribution is 7.09. The molecule has 1 amide bonds. The van der Waals surface area contributed by atoms with Crippen LogP contribution in [-0.2, 0) is 11.3 Å². The number of thiazole rings is 1. The Balaban J connectivity index is 1.40. The number of amides is 1. The van der Waals surface area contributed by atoms with Gasteiger partial charge in [0.15, 0.2) is 0 Å². The molecule has 24 heavy (non-hydrogen) atoms. The zero-order valence-corrected chi connectivity index (χ0v) is 14.5. The number of ether oxygens (including phenoxy) is 1. The van der Waals surface area contributed by atoms with Crippen LogP contribution < -0.4 is 0 Å². The van der Waals surface area contributed by atoms with Crippen molar-refractivity contribution in [2.24, 2.45) is 5.92 Å². The van der Waals surface area contributed by atoms with Gasteiger partial charge >= 0.3 is 0 Å². The number of hydrogen-bond donors (Lipinski definition) is 0. The maximum absolute atomic E-state index is 12.5. The molecular weight excluding hydrogens is 326 g/mol. The van der Waals surface area contributed by atoms with Crippen LogP contribution in [0.4, 0.5) is 0 Å². The van der Waals surface area contributed by atoms with Crippen LogP contribution in [0.25, 0.3) is 0 Å². The molecule has 0 radical (unpaired) electrons. The summed E-state index contributed by atoms with van der Waals surface area (Å²) in [6.07, 6.45) is 3.17. The molecule has 4 rings (SSSR count). The molecule has 0 saturated carbocycles. The number of aromatic nitrogens is 1. The first-order chi connectivity index (χ1) is 11.7. The minimum atomic E-state index is 0.0297. The van der Waals surface area contributed by atoms with E-state index in [-0.39, 0.29) is 12.0 Å². The van der Waals surface area contributed by atoms with Crippen LogP contribution in [-0.4, -0.2) is 59.6 Å². The second kappa shape index (κ2) is 6.66. The van der Waals surface area contributed by atoms with E-state index in [9.17, 15) is 4.79 Å². The molecule has 0 aliphatic carbocycles. The Labute approximate surface area is 145 Å². The normalized spacial score (nSPS) is 24.8. The summed E-state index contributed by atoms with van der Waals surface area (Å²) in [6, 6.07) is 1.72. The highest BCUT2D eigenvalue weighted by Crippen LogP contribution is 2.26. The molecule has 2 fully saturated rings. The zero-order chi connectivity index (χ0) is 16.5. The smallest absolute Gasteiger partial charge is 0.257 e. The van der Waals surface area contributed by atoms with Crippen molar-refractivity contribution >= 4 is 17.2 Å². The fraction of sp³-hybridized carbons (Fsp3) is 0.529. The van der Waals surface area contributed by atoms with Crippen molar-refractivity contribution in [2.75, 3.05) is 32.8 Å². The number of fused-ring (bicyclic) bond motifs is 1. The van der Waals surface area contributed by atoms with Gasteiger partial charge in [-0.25, -0.2) is 4.98 Å². The molecule has 0 spiro atoms. The van der Waals surface area contributed by atoms with Crippen molar-refractivity contribution in [3.63, 3.8) is 0 Å². The fourth-order valence-corrected chi connectivity index (χ4v) is 4.15. The Morgan fingerprint density at radius 3 is 3.08 bits per heavy atom. The van der Waals surface area contributed by atoms with Gasteiger partial charge in [-0.3, -0.25) is 9.69 Å². The third kappa shape index (κ3) is 3.24. The Morgan fingerprint density at radius 1 is 1.42 bits per heavy atom. The summed E-state index contributed by atoms with van der Waals surface area (Å²) in [7, 11) is 0. The van der Waals surface area contributed by atoms with E-state index in [1.807, 2.05) is 11.8 Å². The monoisotopic (exact) mass is 347 g/mol. The molecule has 2 aromatic rings. The van der Waals surface area contributed by atoms with E-state index in [2.05, 4.69) is 15.3 Å². The highest BCUT2D eigenvalue weighted by atomic mass is 32.1. The van der Waals surface area contributed by atoms with Crippen molar-refractivity contribution in [3.05, 3.63) is 40.2 Å². The molecule has 128 valence electrons. The summed E-state index contributed by atoms with van der Waals surface area (Å²) in [4.78, 5) is 21.3. The van der Waals surface area contributed by atoms with E-state index in [1.165, 1.54) is 12.5 Å². The van der Waals surface area contributed by atoms with Gasteiger partial charge in [-0.2, -0.15) is 0 Å². The molecule has 0 bridgehead atoms. The second-order valence-corrected chi connectivity index (χ2v) is 7.55. The van der Waals surface area contributed by atoms with E-state index in [0.29, 0.717) is 24.6 Å². The van der Waals surface area contributed by atoms with Crippen LogP contribution in [0.15, 0.2) is 28.4 Å². The number of nitrogens with zero attached hydrogens (tertiary/aromatic N) is 3. The summed E-state index contributed by atoms with van der Waals surface area (Å²) < 4.78 is 11.0. The summed E-state index contributed by atoms with van der Waals surface area (Å²) >= 11 is 1.69. The Bertz CT molecular complexity index is 700. The number of rotatable bonds is 3. The van der Waals surface area contributed by atoms with Gasteiger partial charge in [0.1, 0.15) is 6.26 Å². The van der Waals surface area contributed by atoms with Crippen molar-refractivity contribution in [1.29, 1.82) is 0 Å².